The molecule has 0 aromatic rings. The van der Waals surface area contributed by atoms with Crippen LogP contribution < -0.4 is 27.0 Å². The van der Waals surface area contributed by atoms with Gasteiger partial charge in [0, 0.05) is 19.6 Å². The number of amides is 6. The molecule has 0 aromatic heterocycles. The van der Waals surface area contributed by atoms with Gasteiger partial charge in [-0.15, -0.1) is 0 Å². The SMILES string of the molecule is C[C@H](NC(O)[C@@H]1CCCN1C(=O)CN)C(=O)NCC(=O)N1CCC[C@H]1C(=O)N1CCC[C@H]1C(=O)NCC(=O)N[C@@H](C)C=O. The lowest BCUT2D eigenvalue weighted by atomic mass is 10.1. The van der Waals surface area contributed by atoms with Crippen LogP contribution >= 0.6 is 0 Å². The number of nitrogens with two attached hydrogens (primary N) is 1. The van der Waals surface area contributed by atoms with Gasteiger partial charge in [-0.3, -0.25) is 34.1 Å². The molecular weight excluding hydrogens is 564 g/mol. The second kappa shape index (κ2) is 15.7. The predicted octanol–water partition coefficient (Wildman–Crippen LogP) is -3.85. The van der Waals surface area contributed by atoms with Crippen LogP contribution in [0, 0.1) is 0 Å². The molecule has 3 rings (SSSR count). The van der Waals surface area contributed by atoms with E-state index < -0.39 is 60.1 Å². The van der Waals surface area contributed by atoms with Gasteiger partial charge in [-0.25, -0.2) is 0 Å². The number of rotatable bonds is 13. The Balaban J connectivity index is 1.49. The highest BCUT2D eigenvalue weighted by Gasteiger charge is 2.42. The van der Waals surface area contributed by atoms with Crippen molar-refractivity contribution in [2.45, 2.75) is 88.8 Å². The highest BCUT2D eigenvalue weighted by Crippen LogP contribution is 2.25. The van der Waals surface area contributed by atoms with E-state index in [4.69, 9.17) is 5.73 Å². The molecule has 1 unspecified atom stereocenters. The Kier molecular flexibility index (Phi) is 12.4. The Hall–Kier alpha value is -3.63. The molecular formula is C27H44N8O8. The number of hydrogen-bond acceptors (Lipinski definition) is 10. The van der Waals surface area contributed by atoms with Gasteiger partial charge in [0.1, 0.15) is 24.6 Å². The molecule has 3 aliphatic heterocycles. The quantitative estimate of drug-likeness (QED) is 0.0882. The zero-order valence-corrected chi connectivity index (χ0v) is 24.8. The monoisotopic (exact) mass is 608 g/mol. The third kappa shape index (κ3) is 8.70. The van der Waals surface area contributed by atoms with Gasteiger partial charge in [0.15, 0.2) is 0 Å². The van der Waals surface area contributed by atoms with Crippen molar-refractivity contribution in [1.29, 1.82) is 0 Å². The van der Waals surface area contributed by atoms with Crippen molar-refractivity contribution in [2.24, 2.45) is 5.73 Å². The maximum Gasteiger partial charge on any atom is 0.246 e. The summed E-state index contributed by atoms with van der Waals surface area (Å²) in [6.45, 7) is 3.31. The minimum atomic E-state index is -1.16. The molecule has 6 atom stereocenters. The fourth-order valence-corrected chi connectivity index (χ4v) is 5.85. The molecule has 3 aliphatic rings. The minimum Gasteiger partial charge on any atom is -0.376 e. The van der Waals surface area contributed by atoms with Crippen molar-refractivity contribution < 1.29 is 38.7 Å². The summed E-state index contributed by atoms with van der Waals surface area (Å²) >= 11 is 0. The van der Waals surface area contributed by atoms with Gasteiger partial charge in [0.05, 0.1) is 37.8 Å². The number of carbonyl (C=O) groups excluding carboxylic acids is 7. The van der Waals surface area contributed by atoms with Crippen LogP contribution in [0.1, 0.15) is 52.4 Å². The lowest BCUT2D eigenvalue weighted by Crippen LogP contribution is -2.56. The molecule has 3 heterocycles. The van der Waals surface area contributed by atoms with E-state index in [9.17, 15) is 38.7 Å². The van der Waals surface area contributed by atoms with Crippen LogP contribution in [0.3, 0.4) is 0 Å². The Morgan fingerprint density at radius 1 is 0.860 bits per heavy atom. The molecule has 0 saturated carbocycles. The highest BCUT2D eigenvalue weighted by atomic mass is 16.3. The molecule has 3 fully saturated rings. The first-order chi connectivity index (χ1) is 20.5. The number of likely N-dealkylation sites (tertiary alicyclic amines) is 3. The topological polar surface area (TPSA) is 224 Å². The largest absolute Gasteiger partial charge is 0.376 e. The fraction of sp³-hybridized carbons (Fsp3) is 0.741. The van der Waals surface area contributed by atoms with Gasteiger partial charge in [0.2, 0.25) is 35.4 Å². The first-order valence-electron chi connectivity index (χ1n) is 14.8. The van der Waals surface area contributed by atoms with Crippen LogP contribution in [0.5, 0.6) is 0 Å². The lowest BCUT2D eigenvalue weighted by Gasteiger charge is -2.31. The van der Waals surface area contributed by atoms with E-state index in [0.29, 0.717) is 64.4 Å². The van der Waals surface area contributed by atoms with Crippen molar-refractivity contribution in [1.82, 2.24) is 36.0 Å². The van der Waals surface area contributed by atoms with Crippen molar-refractivity contribution in [3.05, 3.63) is 0 Å². The molecule has 43 heavy (non-hydrogen) atoms. The van der Waals surface area contributed by atoms with E-state index in [1.807, 2.05) is 0 Å². The van der Waals surface area contributed by atoms with E-state index in [0.717, 1.165) is 0 Å². The van der Waals surface area contributed by atoms with E-state index >= 15 is 0 Å². The number of hydrogen-bond donors (Lipinski definition) is 6. The summed E-state index contributed by atoms with van der Waals surface area (Å²) in [6, 6.07) is -3.63. The Morgan fingerprint density at radius 3 is 2.16 bits per heavy atom. The van der Waals surface area contributed by atoms with Crippen LogP contribution in [0.25, 0.3) is 0 Å². The Morgan fingerprint density at radius 2 is 1.49 bits per heavy atom. The summed E-state index contributed by atoms with van der Waals surface area (Å²) in [5.41, 5.74) is 5.45. The van der Waals surface area contributed by atoms with Crippen LogP contribution in [-0.2, 0) is 33.6 Å². The van der Waals surface area contributed by atoms with Crippen molar-refractivity contribution in [2.75, 3.05) is 39.3 Å². The smallest absolute Gasteiger partial charge is 0.246 e. The zero-order chi connectivity index (χ0) is 31.7. The van der Waals surface area contributed by atoms with Gasteiger partial charge >= 0.3 is 0 Å². The van der Waals surface area contributed by atoms with E-state index in [-0.39, 0.29) is 31.4 Å². The van der Waals surface area contributed by atoms with Crippen LogP contribution in [0.15, 0.2) is 0 Å². The average Bonchev–Trinajstić information content (AvgIpc) is 3.78. The number of aliphatic hydroxyl groups is 1. The van der Waals surface area contributed by atoms with Gasteiger partial charge in [-0.2, -0.15) is 0 Å². The Labute approximate surface area is 250 Å². The van der Waals surface area contributed by atoms with Gasteiger partial charge in [-0.05, 0) is 52.4 Å². The molecule has 16 heteroatoms. The molecule has 0 aromatic carbocycles. The highest BCUT2D eigenvalue weighted by molar-refractivity contribution is 5.95. The zero-order valence-electron chi connectivity index (χ0n) is 24.8. The number of aldehydes is 1. The second-order valence-corrected chi connectivity index (χ2v) is 11.2. The first kappa shape index (κ1) is 33.9. The summed E-state index contributed by atoms with van der Waals surface area (Å²) in [4.78, 5) is 91.0. The second-order valence-electron chi connectivity index (χ2n) is 11.2. The normalized spacial score (nSPS) is 23.8. The third-order valence-electron chi connectivity index (χ3n) is 8.10. The van der Waals surface area contributed by atoms with E-state index in [1.54, 1.807) is 0 Å². The summed E-state index contributed by atoms with van der Waals surface area (Å²) in [7, 11) is 0. The molecule has 240 valence electrons. The van der Waals surface area contributed by atoms with Gasteiger partial charge in [-0.1, -0.05) is 0 Å². The van der Waals surface area contributed by atoms with Crippen molar-refractivity contribution in [3.8, 4) is 0 Å². The van der Waals surface area contributed by atoms with Crippen LogP contribution in [-0.4, -0.2) is 137 Å². The summed E-state index contributed by atoms with van der Waals surface area (Å²) < 4.78 is 0. The molecule has 0 radical (unpaired) electrons. The number of aliphatic hydroxyl groups excluding tert-OH is 1. The summed E-state index contributed by atoms with van der Waals surface area (Å²) in [5.74, 6) is -2.64. The molecule has 7 N–H and O–H groups in total. The third-order valence-corrected chi connectivity index (χ3v) is 8.10. The maximum atomic E-state index is 13.5. The lowest BCUT2D eigenvalue weighted by molar-refractivity contribution is -0.146. The minimum absolute atomic E-state index is 0.172. The van der Waals surface area contributed by atoms with Crippen molar-refractivity contribution >= 4 is 41.7 Å². The number of nitrogens with one attached hydrogen (secondary N) is 4. The predicted molar refractivity (Wildman–Crippen MR) is 152 cm³/mol. The summed E-state index contributed by atoms with van der Waals surface area (Å²) in [5, 5.41) is 20.8. The van der Waals surface area contributed by atoms with Crippen molar-refractivity contribution in [3.63, 3.8) is 0 Å². The fourth-order valence-electron chi connectivity index (χ4n) is 5.85. The maximum absolute atomic E-state index is 13.5. The molecule has 6 amide bonds. The summed E-state index contributed by atoms with van der Waals surface area (Å²) in [6.07, 6.45) is 2.68. The van der Waals surface area contributed by atoms with E-state index in [1.165, 1.54) is 28.5 Å². The molecule has 0 spiro atoms. The molecule has 16 nitrogen and oxygen atoms in total. The van der Waals surface area contributed by atoms with Gasteiger partial charge in [0.25, 0.3) is 0 Å². The molecule has 3 saturated heterocycles. The number of nitrogens with zero attached hydrogens (tertiary/aromatic N) is 3. The average molecular weight is 609 g/mol. The first-order valence-corrected chi connectivity index (χ1v) is 14.8. The van der Waals surface area contributed by atoms with E-state index in [2.05, 4.69) is 21.3 Å². The van der Waals surface area contributed by atoms with Crippen LogP contribution in [0.2, 0.25) is 0 Å². The standard InChI is InChI=1S/C27H44N8O8/c1-16(15-36)31-21(37)13-29-25(41)18-6-4-11-35(18)27(43)20-8-5-10-34(20)23(39)14-30-24(40)17(2)32-26(42)19-7-3-9-33(19)22(38)12-28/h15-20,26,32,42H,3-14,28H2,1-2H3,(H,29,41)(H,30,40)(H,31,37)/t16-,17-,18-,19-,20-,26?/m0/s1. The van der Waals surface area contributed by atoms with Crippen LogP contribution in [0.4, 0.5) is 0 Å². The Bertz CT molecular complexity index is 1070. The number of carbonyl (C=O) groups is 7. The molecule has 0 bridgehead atoms. The molecule has 0 aliphatic carbocycles. The van der Waals surface area contributed by atoms with Gasteiger partial charge < -0.3 is 46.3 Å².